The molecule has 0 aromatic heterocycles. The minimum atomic E-state index is 0.608. The van der Waals surface area contributed by atoms with Gasteiger partial charge >= 0.3 is 0 Å². The Kier molecular flexibility index (Phi) is 2.58. The third kappa shape index (κ3) is 1.87. The zero-order valence-electron chi connectivity index (χ0n) is 8.95. The molecule has 2 fully saturated rings. The zero-order valence-corrected chi connectivity index (χ0v) is 8.95. The maximum absolute atomic E-state index is 3.49. The number of hydrogen-bond donors (Lipinski definition) is 1. The molecule has 0 aromatic rings. The van der Waals surface area contributed by atoms with Crippen molar-refractivity contribution in [2.75, 3.05) is 26.8 Å². The van der Waals surface area contributed by atoms with Gasteiger partial charge in [-0.3, -0.25) is 4.90 Å². The molecule has 2 saturated heterocycles. The third-order valence-corrected chi connectivity index (χ3v) is 3.33. The smallest absolute Gasteiger partial charge is 0.0486 e. The van der Waals surface area contributed by atoms with E-state index in [0.29, 0.717) is 6.04 Å². The molecule has 2 unspecified atom stereocenters. The average molecular weight is 183 g/mol. The molecule has 3 heteroatoms. The lowest BCUT2D eigenvalue weighted by atomic mass is 10.2. The molecule has 2 aliphatic heterocycles. The molecule has 0 radical (unpaired) electrons. The quantitative estimate of drug-likeness (QED) is 0.680. The molecule has 0 saturated carbocycles. The van der Waals surface area contributed by atoms with Crippen LogP contribution >= 0.6 is 0 Å². The molecule has 1 N–H and O–H groups in total. The summed E-state index contributed by atoms with van der Waals surface area (Å²) in [6, 6.07) is 2.26. The number of fused-ring (bicyclic) bond motifs is 2. The van der Waals surface area contributed by atoms with Crippen LogP contribution in [0.5, 0.6) is 0 Å². The van der Waals surface area contributed by atoms with Gasteiger partial charge in [0.05, 0.1) is 0 Å². The number of nitrogens with zero attached hydrogens (tertiary/aromatic N) is 2. The van der Waals surface area contributed by atoms with Crippen LogP contribution in [0.3, 0.4) is 0 Å². The summed E-state index contributed by atoms with van der Waals surface area (Å²) in [5.74, 6) is 0. The van der Waals surface area contributed by atoms with Crippen LogP contribution in [0.1, 0.15) is 20.3 Å². The molecular weight excluding hydrogens is 162 g/mol. The van der Waals surface area contributed by atoms with Gasteiger partial charge in [0.1, 0.15) is 0 Å². The number of rotatable bonds is 3. The van der Waals surface area contributed by atoms with Gasteiger partial charge in [-0.2, -0.15) is 0 Å². The van der Waals surface area contributed by atoms with Gasteiger partial charge in [0.2, 0.25) is 0 Å². The Morgan fingerprint density at radius 1 is 1.31 bits per heavy atom. The van der Waals surface area contributed by atoms with Gasteiger partial charge in [-0.05, 0) is 27.3 Å². The molecule has 2 bridgehead atoms. The van der Waals surface area contributed by atoms with Crippen LogP contribution in [0, 0.1) is 0 Å². The van der Waals surface area contributed by atoms with E-state index in [1.807, 2.05) is 0 Å². The van der Waals surface area contributed by atoms with Gasteiger partial charge in [0.25, 0.3) is 0 Å². The standard InChI is InChI=1S/C10H21N3/c1-8(2)11-7-13-6-9-4-10(13)5-12(9)3/h8-11H,4-7H2,1-3H3. The van der Waals surface area contributed by atoms with E-state index in [2.05, 4.69) is 36.0 Å². The largest absolute Gasteiger partial charge is 0.302 e. The average Bonchev–Trinajstić information content (AvgIpc) is 2.58. The fourth-order valence-electron chi connectivity index (χ4n) is 2.44. The summed E-state index contributed by atoms with van der Waals surface area (Å²) >= 11 is 0. The number of likely N-dealkylation sites (tertiary alicyclic amines) is 2. The van der Waals surface area contributed by atoms with E-state index in [0.717, 1.165) is 18.8 Å². The van der Waals surface area contributed by atoms with E-state index < -0.39 is 0 Å². The van der Waals surface area contributed by atoms with Crippen molar-refractivity contribution >= 4 is 0 Å². The van der Waals surface area contributed by atoms with Crippen LogP contribution in [-0.2, 0) is 0 Å². The van der Waals surface area contributed by atoms with Crippen LogP contribution in [0.15, 0.2) is 0 Å². The highest BCUT2D eigenvalue weighted by Gasteiger charge is 2.40. The summed E-state index contributed by atoms with van der Waals surface area (Å²) in [5.41, 5.74) is 0. The van der Waals surface area contributed by atoms with Crippen LogP contribution in [0.25, 0.3) is 0 Å². The van der Waals surface area contributed by atoms with Crippen molar-refractivity contribution in [1.82, 2.24) is 15.1 Å². The van der Waals surface area contributed by atoms with Crippen molar-refractivity contribution in [3.05, 3.63) is 0 Å². The summed E-state index contributed by atoms with van der Waals surface area (Å²) in [6.45, 7) is 8.03. The second kappa shape index (κ2) is 3.56. The van der Waals surface area contributed by atoms with E-state index in [9.17, 15) is 0 Å². The Morgan fingerprint density at radius 3 is 2.54 bits per heavy atom. The normalized spacial score (nSPS) is 35.1. The van der Waals surface area contributed by atoms with E-state index in [1.165, 1.54) is 19.5 Å². The zero-order chi connectivity index (χ0) is 9.42. The second-order valence-electron chi connectivity index (χ2n) is 4.77. The molecular formula is C10H21N3. The Bertz CT molecular complexity index is 179. The Morgan fingerprint density at radius 2 is 2.08 bits per heavy atom. The number of likely N-dealkylation sites (N-methyl/N-ethyl adjacent to an activating group) is 1. The van der Waals surface area contributed by atoms with Crippen molar-refractivity contribution in [2.45, 2.75) is 38.4 Å². The van der Waals surface area contributed by atoms with Crippen molar-refractivity contribution in [3.63, 3.8) is 0 Å². The van der Waals surface area contributed by atoms with Gasteiger partial charge in [0.15, 0.2) is 0 Å². The van der Waals surface area contributed by atoms with Crippen LogP contribution in [0.2, 0.25) is 0 Å². The monoisotopic (exact) mass is 183 g/mol. The highest BCUT2D eigenvalue weighted by Crippen LogP contribution is 2.28. The fraction of sp³-hybridized carbons (Fsp3) is 1.00. The molecule has 0 amide bonds. The number of nitrogens with one attached hydrogen (secondary N) is 1. The summed E-state index contributed by atoms with van der Waals surface area (Å²) < 4.78 is 0. The molecule has 2 rings (SSSR count). The summed E-state index contributed by atoms with van der Waals surface area (Å²) in [7, 11) is 2.25. The van der Waals surface area contributed by atoms with Crippen LogP contribution in [0.4, 0.5) is 0 Å². The molecule has 76 valence electrons. The van der Waals surface area contributed by atoms with Gasteiger partial charge < -0.3 is 10.2 Å². The first-order valence-electron chi connectivity index (χ1n) is 5.34. The van der Waals surface area contributed by atoms with Gasteiger partial charge in [0, 0.05) is 37.9 Å². The van der Waals surface area contributed by atoms with Gasteiger partial charge in [-0.1, -0.05) is 0 Å². The summed E-state index contributed by atoms with van der Waals surface area (Å²) in [6.07, 6.45) is 1.39. The van der Waals surface area contributed by atoms with E-state index in [4.69, 9.17) is 0 Å². The first kappa shape index (κ1) is 9.44. The Hall–Kier alpha value is -0.120. The maximum Gasteiger partial charge on any atom is 0.0486 e. The Labute approximate surface area is 81.1 Å². The first-order valence-corrected chi connectivity index (χ1v) is 5.34. The van der Waals surface area contributed by atoms with Gasteiger partial charge in [-0.15, -0.1) is 0 Å². The van der Waals surface area contributed by atoms with Crippen molar-refractivity contribution in [3.8, 4) is 0 Å². The molecule has 0 spiro atoms. The SMILES string of the molecule is CC(C)NCN1CC2CC1CN2C. The van der Waals surface area contributed by atoms with Crippen molar-refractivity contribution < 1.29 is 0 Å². The Balaban J connectivity index is 1.79. The molecule has 0 aromatic carbocycles. The number of hydrogen-bond acceptors (Lipinski definition) is 3. The third-order valence-electron chi connectivity index (χ3n) is 3.33. The van der Waals surface area contributed by atoms with E-state index in [-0.39, 0.29) is 0 Å². The lowest BCUT2D eigenvalue weighted by Gasteiger charge is -2.32. The first-order chi connectivity index (χ1) is 6.16. The number of piperazine rings is 1. The van der Waals surface area contributed by atoms with Crippen molar-refractivity contribution in [1.29, 1.82) is 0 Å². The predicted octanol–water partition coefficient (Wildman–Crippen LogP) is 0.330. The maximum atomic E-state index is 3.49. The summed E-state index contributed by atoms with van der Waals surface area (Å²) in [5, 5.41) is 3.49. The second-order valence-corrected chi connectivity index (χ2v) is 4.77. The predicted molar refractivity (Wildman–Crippen MR) is 54.7 cm³/mol. The summed E-state index contributed by atoms with van der Waals surface area (Å²) in [4.78, 5) is 5.08. The fourth-order valence-corrected chi connectivity index (χ4v) is 2.44. The lowest BCUT2D eigenvalue weighted by molar-refractivity contribution is 0.137. The van der Waals surface area contributed by atoms with Gasteiger partial charge in [-0.25, -0.2) is 0 Å². The highest BCUT2D eigenvalue weighted by atomic mass is 15.4. The molecule has 2 heterocycles. The van der Waals surface area contributed by atoms with Crippen molar-refractivity contribution in [2.24, 2.45) is 0 Å². The topological polar surface area (TPSA) is 18.5 Å². The molecule has 13 heavy (non-hydrogen) atoms. The minimum absolute atomic E-state index is 0.608. The van der Waals surface area contributed by atoms with Crippen LogP contribution < -0.4 is 5.32 Å². The minimum Gasteiger partial charge on any atom is -0.302 e. The molecule has 2 aliphatic rings. The van der Waals surface area contributed by atoms with E-state index in [1.54, 1.807) is 0 Å². The molecule has 3 nitrogen and oxygen atoms in total. The molecule has 0 aliphatic carbocycles. The van der Waals surface area contributed by atoms with Crippen LogP contribution in [-0.4, -0.2) is 54.7 Å². The molecule has 2 atom stereocenters. The van der Waals surface area contributed by atoms with E-state index >= 15 is 0 Å². The lowest BCUT2D eigenvalue weighted by Crippen LogP contribution is -2.48. The highest BCUT2D eigenvalue weighted by molar-refractivity contribution is 4.97.